The second-order valence-electron chi connectivity index (χ2n) is 5.10. The first-order valence-corrected chi connectivity index (χ1v) is 7.14. The molecule has 0 bridgehead atoms. The quantitative estimate of drug-likeness (QED) is 0.927. The molecule has 1 atom stereocenters. The zero-order chi connectivity index (χ0) is 15.0. The minimum atomic E-state index is -0.833. The van der Waals surface area contributed by atoms with Crippen molar-refractivity contribution >= 4 is 5.97 Å². The van der Waals surface area contributed by atoms with Crippen LogP contribution in [0.25, 0.3) is 0 Å². The van der Waals surface area contributed by atoms with Crippen molar-refractivity contribution in [2.45, 2.75) is 39.2 Å². The van der Waals surface area contributed by atoms with Gasteiger partial charge in [-0.15, -0.1) is 0 Å². The number of hydrogen-bond acceptors (Lipinski definition) is 3. The number of likely N-dealkylation sites (tertiary alicyclic amines) is 1. The minimum Gasteiger partial charge on any atom is -0.492 e. The van der Waals surface area contributed by atoms with Crippen LogP contribution in [0.15, 0.2) is 24.3 Å². The van der Waals surface area contributed by atoms with Gasteiger partial charge in [0, 0.05) is 50.7 Å². The van der Waals surface area contributed by atoms with Gasteiger partial charge in [0.2, 0.25) is 0 Å². The van der Waals surface area contributed by atoms with Gasteiger partial charge in [0.15, 0.2) is 0 Å². The fourth-order valence-electron chi connectivity index (χ4n) is 2.20. The molecule has 0 spiro atoms. The molecule has 1 unspecified atom stereocenters. The summed E-state index contributed by atoms with van der Waals surface area (Å²) in [7, 11) is 2.18. The zero-order valence-electron chi connectivity index (χ0n) is 13.0. The summed E-state index contributed by atoms with van der Waals surface area (Å²) in [5, 5.41) is 7.42. The number of aryl methyl sites for hydroxylation is 1. The van der Waals surface area contributed by atoms with E-state index in [-0.39, 0.29) is 37.7 Å². The molecule has 120 valence electrons. The molecule has 0 radical (unpaired) electrons. The molecule has 0 saturated carbocycles. The van der Waals surface area contributed by atoms with Crippen molar-refractivity contribution in [2.75, 3.05) is 20.2 Å². The van der Waals surface area contributed by atoms with Crippen LogP contribution in [-0.2, 0) is 11.2 Å². The summed E-state index contributed by atoms with van der Waals surface area (Å²) in [6.07, 6.45) is 3.66. The van der Waals surface area contributed by atoms with Crippen molar-refractivity contribution in [3.05, 3.63) is 29.8 Å². The Morgan fingerprint density at radius 2 is 1.95 bits per heavy atom. The molecule has 0 aliphatic carbocycles. The normalized spacial score (nSPS) is 17.4. The Morgan fingerprint density at radius 3 is 2.38 bits per heavy atom. The van der Waals surface area contributed by atoms with Crippen LogP contribution in [0.1, 0.15) is 32.3 Å². The van der Waals surface area contributed by atoms with Crippen LogP contribution >= 0.6 is 0 Å². The van der Waals surface area contributed by atoms with Crippen molar-refractivity contribution in [3.63, 3.8) is 0 Å². The predicted molar refractivity (Wildman–Crippen MR) is 80.3 cm³/mol. The molecule has 5 heteroatoms. The second kappa shape index (κ2) is 11.3. The van der Waals surface area contributed by atoms with E-state index in [0.29, 0.717) is 6.04 Å². The van der Waals surface area contributed by atoms with Gasteiger partial charge in [-0.1, -0.05) is 19.1 Å². The number of carboxylic acid groups (broad SMARTS) is 1. The first kappa shape index (κ1) is 20.7. The Hall–Kier alpha value is -0.290. The third-order valence-corrected chi connectivity index (χ3v) is 3.45. The molecule has 1 aliphatic heterocycles. The second-order valence-corrected chi connectivity index (χ2v) is 5.10. The smallest absolute Gasteiger partial charge is 0.300 e. The number of ether oxygens (including phenoxy) is 1. The molecular weight excluding hydrogens is 294 g/mol. The summed E-state index contributed by atoms with van der Waals surface area (Å²) in [5.74, 6) is 0.164. The van der Waals surface area contributed by atoms with Gasteiger partial charge in [-0.05, 0) is 50.6 Å². The molecule has 1 aliphatic rings. The average molecular weight is 319 g/mol. The van der Waals surface area contributed by atoms with Gasteiger partial charge in [-0.25, -0.2) is 0 Å². The van der Waals surface area contributed by atoms with Crippen LogP contribution < -0.4 is 4.74 Å². The van der Waals surface area contributed by atoms with Crippen LogP contribution in [0, 0.1) is 37.7 Å². The summed E-state index contributed by atoms with van der Waals surface area (Å²) in [6.45, 7) is 5.29. The molecule has 2 rings (SSSR count). The van der Waals surface area contributed by atoms with E-state index in [2.05, 4.69) is 43.1 Å². The summed E-state index contributed by atoms with van der Waals surface area (Å²) < 4.78 is 5.82. The molecule has 1 N–H and O–H groups in total. The van der Waals surface area contributed by atoms with E-state index in [4.69, 9.17) is 14.6 Å². The van der Waals surface area contributed by atoms with Gasteiger partial charge >= 0.3 is 0 Å². The van der Waals surface area contributed by atoms with Gasteiger partial charge < -0.3 is 14.7 Å². The van der Waals surface area contributed by atoms with Crippen molar-refractivity contribution in [1.82, 2.24) is 4.90 Å². The standard InChI is InChI=1S/C14H21NO.C2H4O2.Ar/c1-3-12-6-8-14(9-7-12)16-11-13-5-4-10-15(13)2;1-2(3)4;/h6-9,13H,3-5,10-11H2,1-2H3;1H3,(H,3,4);. The SMILES string of the molecule is CC(=O)O.CCc1ccc(OCC2CCCN2C)cc1.[Ar]. The molecule has 1 fully saturated rings. The van der Waals surface area contributed by atoms with Crippen molar-refractivity contribution in [3.8, 4) is 5.75 Å². The zero-order valence-corrected chi connectivity index (χ0v) is 13.7. The van der Waals surface area contributed by atoms with Gasteiger partial charge in [0.1, 0.15) is 12.4 Å². The summed E-state index contributed by atoms with van der Waals surface area (Å²) >= 11 is 0. The van der Waals surface area contributed by atoms with E-state index in [9.17, 15) is 0 Å². The molecule has 0 amide bonds. The monoisotopic (exact) mass is 319 g/mol. The molecule has 1 heterocycles. The number of aliphatic carboxylic acids is 1. The number of benzene rings is 1. The van der Waals surface area contributed by atoms with Crippen LogP contribution in [0.4, 0.5) is 0 Å². The maximum Gasteiger partial charge on any atom is 0.300 e. The largest absolute Gasteiger partial charge is 0.492 e. The van der Waals surface area contributed by atoms with Crippen LogP contribution in [-0.4, -0.2) is 42.2 Å². The van der Waals surface area contributed by atoms with Crippen molar-refractivity contribution in [2.24, 2.45) is 0 Å². The molecule has 0 aromatic heterocycles. The van der Waals surface area contributed by atoms with Crippen molar-refractivity contribution in [1.29, 1.82) is 0 Å². The van der Waals surface area contributed by atoms with Gasteiger partial charge in [-0.3, -0.25) is 4.79 Å². The number of hydrogen-bond donors (Lipinski definition) is 1. The number of likely N-dealkylation sites (N-methyl/N-ethyl adjacent to an activating group) is 1. The predicted octanol–water partition coefficient (Wildman–Crippen LogP) is 2.81. The maximum atomic E-state index is 9.00. The fraction of sp³-hybridized carbons (Fsp3) is 0.562. The Balaban J connectivity index is 0.000000715. The average Bonchev–Trinajstić information content (AvgIpc) is 2.82. The van der Waals surface area contributed by atoms with Gasteiger partial charge in [0.05, 0.1) is 0 Å². The topological polar surface area (TPSA) is 49.8 Å². The van der Waals surface area contributed by atoms with Gasteiger partial charge in [0.25, 0.3) is 5.97 Å². The summed E-state index contributed by atoms with van der Waals surface area (Å²) in [6, 6.07) is 9.05. The molecule has 1 aromatic carbocycles. The van der Waals surface area contributed by atoms with E-state index in [1.807, 2.05) is 0 Å². The fourth-order valence-corrected chi connectivity index (χ4v) is 2.20. The molecular formula is C16H25ArNO3. The van der Waals surface area contributed by atoms with E-state index in [1.54, 1.807) is 0 Å². The first-order valence-electron chi connectivity index (χ1n) is 7.14. The van der Waals surface area contributed by atoms with Crippen molar-refractivity contribution < 1.29 is 52.4 Å². The number of nitrogens with zero attached hydrogens (tertiary/aromatic N) is 1. The number of carbonyl (C=O) groups is 1. The van der Waals surface area contributed by atoms with Crippen LogP contribution in [0.3, 0.4) is 0 Å². The van der Waals surface area contributed by atoms with E-state index in [1.165, 1.54) is 24.9 Å². The maximum absolute atomic E-state index is 9.00. The molecule has 1 saturated heterocycles. The van der Waals surface area contributed by atoms with E-state index < -0.39 is 5.97 Å². The molecule has 1 aromatic rings. The van der Waals surface area contributed by atoms with Crippen LogP contribution in [0.2, 0.25) is 0 Å². The number of carboxylic acids is 1. The Labute approximate surface area is 157 Å². The minimum absolute atomic E-state index is 0. The molecule has 21 heavy (non-hydrogen) atoms. The van der Waals surface area contributed by atoms with E-state index >= 15 is 0 Å². The summed E-state index contributed by atoms with van der Waals surface area (Å²) in [4.78, 5) is 11.4. The Bertz CT molecular complexity index is 404. The van der Waals surface area contributed by atoms with Crippen LogP contribution in [0.5, 0.6) is 5.75 Å². The third kappa shape index (κ3) is 8.66. The Kier molecular flexibility index (Phi) is 11.1. The summed E-state index contributed by atoms with van der Waals surface area (Å²) in [5.41, 5.74) is 1.37. The van der Waals surface area contributed by atoms with E-state index in [0.717, 1.165) is 25.7 Å². The molecule has 4 nitrogen and oxygen atoms in total. The first-order chi connectivity index (χ1) is 9.52. The van der Waals surface area contributed by atoms with Gasteiger partial charge in [-0.2, -0.15) is 0 Å². The number of rotatable bonds is 4. The third-order valence-electron chi connectivity index (χ3n) is 3.45. The Morgan fingerprint density at radius 1 is 1.38 bits per heavy atom.